The summed E-state index contributed by atoms with van der Waals surface area (Å²) < 4.78 is 5.84. The number of benzene rings is 1. The van der Waals surface area contributed by atoms with Gasteiger partial charge in [-0.2, -0.15) is 0 Å². The first-order chi connectivity index (χ1) is 7.69. The molecule has 0 aliphatic heterocycles. The zero-order valence-corrected chi connectivity index (χ0v) is 12.9. The van der Waals surface area contributed by atoms with Crippen molar-refractivity contribution in [3.8, 4) is 5.75 Å². The topological polar surface area (TPSA) is 26.3 Å². The van der Waals surface area contributed by atoms with E-state index in [1.807, 2.05) is 35.0 Å². The van der Waals surface area contributed by atoms with Crippen LogP contribution in [-0.2, 0) is 4.79 Å². The van der Waals surface area contributed by atoms with Crippen molar-refractivity contribution in [3.05, 3.63) is 28.3 Å². The summed E-state index contributed by atoms with van der Waals surface area (Å²) in [4.78, 5) is 11.7. The molecule has 18 heavy (non-hydrogen) atoms. The normalized spacial score (nSPS) is 10.8. The minimum absolute atomic E-state index is 0. The Bertz CT molecular complexity index is 416. The van der Waals surface area contributed by atoms with E-state index < -0.39 is 0 Å². The molecule has 1 aromatic rings. The van der Waals surface area contributed by atoms with Crippen LogP contribution in [0.2, 0.25) is 5.02 Å². The van der Waals surface area contributed by atoms with Crippen LogP contribution in [0.5, 0.6) is 5.75 Å². The number of carbonyl (C=O) groups is 1. The number of quaternary nitrogens is 1. The van der Waals surface area contributed by atoms with Gasteiger partial charge in [0.05, 0.1) is 21.1 Å². The maximum Gasteiger partial charge on any atom is 0.367 e. The van der Waals surface area contributed by atoms with E-state index in [-0.39, 0.29) is 18.4 Å². The van der Waals surface area contributed by atoms with Gasteiger partial charge in [0.15, 0.2) is 6.54 Å². The Balaban J connectivity index is 0.00000289. The van der Waals surface area contributed by atoms with Gasteiger partial charge in [-0.05, 0) is 37.1 Å². The van der Waals surface area contributed by atoms with Crippen molar-refractivity contribution < 1.29 is 26.4 Å². The largest absolute Gasteiger partial charge is 1.00 e. The Morgan fingerprint density at radius 2 is 1.67 bits per heavy atom. The van der Waals surface area contributed by atoms with Gasteiger partial charge < -0.3 is 21.6 Å². The summed E-state index contributed by atoms with van der Waals surface area (Å²) in [6, 6.07) is 3.56. The summed E-state index contributed by atoms with van der Waals surface area (Å²) >= 11 is 6.05. The summed E-state index contributed by atoms with van der Waals surface area (Å²) in [6.45, 7) is 4.12. The fraction of sp³-hybridized carbons (Fsp3) is 0.462. The van der Waals surface area contributed by atoms with E-state index in [4.69, 9.17) is 16.3 Å². The van der Waals surface area contributed by atoms with Gasteiger partial charge in [0.25, 0.3) is 0 Å². The van der Waals surface area contributed by atoms with Crippen molar-refractivity contribution in [1.82, 2.24) is 0 Å². The van der Waals surface area contributed by atoms with Gasteiger partial charge in [-0.1, -0.05) is 11.6 Å². The lowest BCUT2D eigenvalue weighted by Gasteiger charge is -2.22. The summed E-state index contributed by atoms with van der Waals surface area (Å²) in [5.74, 6) is 0.321. The van der Waals surface area contributed by atoms with Gasteiger partial charge in [0, 0.05) is 5.02 Å². The number of esters is 1. The van der Waals surface area contributed by atoms with Gasteiger partial charge in [-0.15, -0.1) is 0 Å². The first-order valence-corrected chi connectivity index (χ1v) is 5.85. The molecular weight excluding hydrogens is 273 g/mol. The van der Waals surface area contributed by atoms with E-state index in [1.54, 1.807) is 12.1 Å². The molecule has 0 spiro atoms. The number of likely N-dealkylation sites (N-methyl/N-ethyl adjacent to an activating group) is 1. The fourth-order valence-corrected chi connectivity index (χ4v) is 1.63. The molecule has 0 aromatic heterocycles. The third-order valence-electron chi connectivity index (χ3n) is 2.25. The second-order valence-corrected chi connectivity index (χ2v) is 5.67. The quantitative estimate of drug-likeness (QED) is 0.429. The van der Waals surface area contributed by atoms with Crippen LogP contribution < -0.4 is 17.1 Å². The van der Waals surface area contributed by atoms with Crippen molar-refractivity contribution in [1.29, 1.82) is 0 Å². The summed E-state index contributed by atoms with van der Waals surface area (Å²) in [7, 11) is 5.83. The van der Waals surface area contributed by atoms with E-state index in [0.717, 1.165) is 16.1 Å². The predicted molar refractivity (Wildman–Crippen MR) is 69.5 cm³/mol. The fourth-order valence-electron chi connectivity index (χ4n) is 1.52. The minimum Gasteiger partial charge on any atom is -1.00 e. The van der Waals surface area contributed by atoms with E-state index in [0.29, 0.717) is 16.8 Å². The molecule has 0 saturated carbocycles. The zero-order chi connectivity index (χ0) is 13.2. The van der Waals surface area contributed by atoms with Crippen molar-refractivity contribution in [2.75, 3.05) is 27.7 Å². The van der Waals surface area contributed by atoms with Gasteiger partial charge in [0.1, 0.15) is 5.75 Å². The molecule has 0 N–H and O–H groups in total. The lowest BCUT2D eigenvalue weighted by Crippen LogP contribution is -3.00. The van der Waals surface area contributed by atoms with Crippen molar-refractivity contribution in [3.63, 3.8) is 0 Å². The molecule has 0 atom stereocenters. The molecule has 102 valence electrons. The first kappa shape index (κ1) is 17.2. The van der Waals surface area contributed by atoms with E-state index in [2.05, 4.69) is 0 Å². The molecule has 0 heterocycles. The number of hydrogen-bond acceptors (Lipinski definition) is 2. The molecular formula is C13H19Cl2NO2. The van der Waals surface area contributed by atoms with Gasteiger partial charge >= 0.3 is 5.97 Å². The Kier molecular flexibility index (Phi) is 6.14. The first-order valence-electron chi connectivity index (χ1n) is 5.47. The second-order valence-electron chi connectivity index (χ2n) is 5.29. The van der Waals surface area contributed by atoms with Crippen LogP contribution in [0.15, 0.2) is 12.1 Å². The molecule has 1 aromatic carbocycles. The highest BCUT2D eigenvalue weighted by Crippen LogP contribution is 2.25. The summed E-state index contributed by atoms with van der Waals surface area (Å²) in [5, 5.41) is 0.719. The van der Waals surface area contributed by atoms with Gasteiger partial charge in [0.2, 0.25) is 0 Å². The number of rotatable bonds is 3. The van der Waals surface area contributed by atoms with Crippen LogP contribution in [-0.4, -0.2) is 38.1 Å². The summed E-state index contributed by atoms with van der Waals surface area (Å²) in [6.07, 6.45) is 0. The van der Waals surface area contributed by atoms with Crippen LogP contribution >= 0.6 is 11.6 Å². The van der Waals surface area contributed by atoms with Gasteiger partial charge in [-0.25, -0.2) is 4.79 Å². The van der Waals surface area contributed by atoms with Crippen molar-refractivity contribution in [2.24, 2.45) is 0 Å². The molecule has 0 bridgehead atoms. The lowest BCUT2D eigenvalue weighted by atomic mass is 10.1. The Hall–Kier alpha value is -0.770. The monoisotopic (exact) mass is 291 g/mol. The smallest absolute Gasteiger partial charge is 0.367 e. The average Bonchev–Trinajstić information content (AvgIpc) is 2.10. The maximum atomic E-state index is 11.7. The zero-order valence-electron chi connectivity index (χ0n) is 11.4. The number of hydrogen-bond donors (Lipinski definition) is 0. The van der Waals surface area contributed by atoms with Crippen molar-refractivity contribution in [2.45, 2.75) is 13.8 Å². The molecule has 1 rings (SSSR count). The SMILES string of the molecule is Cc1cc(OC(=O)C[N+](C)(C)C)cc(C)c1Cl.[Cl-]. The molecule has 0 amide bonds. The molecule has 0 aliphatic carbocycles. The molecule has 0 fully saturated rings. The third-order valence-corrected chi connectivity index (χ3v) is 2.84. The van der Waals surface area contributed by atoms with Gasteiger partial charge in [-0.3, -0.25) is 0 Å². The van der Waals surface area contributed by atoms with Crippen LogP contribution in [0.4, 0.5) is 0 Å². The number of aryl methyl sites for hydroxylation is 2. The molecule has 0 radical (unpaired) electrons. The van der Waals surface area contributed by atoms with E-state index >= 15 is 0 Å². The minimum atomic E-state index is -0.237. The highest BCUT2D eigenvalue weighted by Gasteiger charge is 2.16. The van der Waals surface area contributed by atoms with Crippen LogP contribution in [0.1, 0.15) is 11.1 Å². The number of nitrogens with zero attached hydrogens (tertiary/aromatic N) is 1. The van der Waals surface area contributed by atoms with Crippen LogP contribution in [0, 0.1) is 13.8 Å². The average molecular weight is 292 g/mol. The van der Waals surface area contributed by atoms with Crippen molar-refractivity contribution >= 4 is 17.6 Å². The molecule has 3 nitrogen and oxygen atoms in total. The second kappa shape index (κ2) is 6.41. The number of carbonyl (C=O) groups excluding carboxylic acids is 1. The Labute approximate surface area is 120 Å². The highest BCUT2D eigenvalue weighted by molar-refractivity contribution is 6.32. The number of halogens is 2. The molecule has 0 saturated heterocycles. The maximum absolute atomic E-state index is 11.7. The summed E-state index contributed by atoms with van der Waals surface area (Å²) in [5.41, 5.74) is 1.83. The standard InChI is InChI=1S/C13H19ClNO2.ClH/c1-9-6-11(7-10(2)13(9)14)17-12(16)8-15(3,4)5;/h6-7H,8H2,1-5H3;1H/q+1;/p-1. The third kappa shape index (κ3) is 5.25. The highest BCUT2D eigenvalue weighted by atomic mass is 35.5. The van der Waals surface area contributed by atoms with E-state index in [9.17, 15) is 4.79 Å². The molecule has 5 heteroatoms. The lowest BCUT2D eigenvalue weighted by molar-refractivity contribution is -0.862. The Morgan fingerprint density at radius 1 is 1.22 bits per heavy atom. The van der Waals surface area contributed by atoms with Crippen LogP contribution in [0.25, 0.3) is 0 Å². The van der Waals surface area contributed by atoms with Crippen LogP contribution in [0.3, 0.4) is 0 Å². The predicted octanol–water partition coefficient (Wildman–Crippen LogP) is -0.428. The molecule has 0 unspecified atom stereocenters. The number of ether oxygens (including phenoxy) is 1. The van der Waals surface area contributed by atoms with E-state index in [1.165, 1.54) is 0 Å². The Morgan fingerprint density at radius 3 is 2.06 bits per heavy atom. The molecule has 0 aliphatic rings.